The number of hydrogen-bond donors (Lipinski definition) is 0. The van der Waals surface area contributed by atoms with Gasteiger partial charge in [-0.15, -0.1) is 0 Å². The van der Waals surface area contributed by atoms with Gasteiger partial charge in [0.25, 0.3) is 0 Å². The predicted molar refractivity (Wildman–Crippen MR) is 38.9 cm³/mol. The maximum absolute atomic E-state index is 12.8. The van der Waals surface area contributed by atoms with Gasteiger partial charge in [0.1, 0.15) is 0 Å². The smallest absolute Gasteiger partial charge is 0.429 e. The first-order valence-electron chi connectivity index (χ1n) is 4.36. The molecule has 0 rings (SSSR count). The van der Waals surface area contributed by atoms with Gasteiger partial charge >= 0.3 is 36.5 Å². The zero-order chi connectivity index (χ0) is 17.3. The third-order valence-corrected chi connectivity index (χ3v) is 1.75. The van der Waals surface area contributed by atoms with Crippen LogP contribution in [0.4, 0.5) is 48.3 Å². The molecule has 0 saturated carbocycles. The van der Waals surface area contributed by atoms with Gasteiger partial charge in [0.05, 0.1) is 0 Å². The normalized spacial score (nSPS) is 16.8. The van der Waals surface area contributed by atoms with E-state index in [1.165, 1.54) is 0 Å². The van der Waals surface area contributed by atoms with Crippen molar-refractivity contribution in [1.82, 2.24) is 0 Å². The Morgan fingerprint density at radius 1 is 0.952 bits per heavy atom. The minimum Gasteiger partial charge on any atom is -0.429 e. The van der Waals surface area contributed by atoms with Crippen LogP contribution in [-0.2, 0) is 14.3 Å². The molecule has 0 spiro atoms. The van der Waals surface area contributed by atoms with Crippen LogP contribution in [0.2, 0.25) is 0 Å². The van der Waals surface area contributed by atoms with Gasteiger partial charge in [-0.25, -0.2) is 18.0 Å². The van der Waals surface area contributed by atoms with Crippen molar-refractivity contribution < 1.29 is 62.6 Å². The lowest BCUT2D eigenvalue weighted by molar-refractivity contribution is -0.464. The highest BCUT2D eigenvalue weighted by atomic mass is 19.4. The molecule has 0 N–H and O–H groups in total. The van der Waals surface area contributed by atoms with Gasteiger partial charge < -0.3 is 4.74 Å². The van der Waals surface area contributed by atoms with Crippen LogP contribution in [0.5, 0.6) is 0 Å². The van der Waals surface area contributed by atoms with E-state index in [9.17, 15) is 53.1 Å². The maximum Gasteiger partial charge on any atom is 0.454 e. The summed E-state index contributed by atoms with van der Waals surface area (Å²) < 4.78 is 139. The van der Waals surface area contributed by atoms with E-state index in [4.69, 9.17) is 0 Å². The summed E-state index contributed by atoms with van der Waals surface area (Å²) >= 11 is 0. The summed E-state index contributed by atoms with van der Waals surface area (Å²) in [5, 5.41) is 0. The second-order valence-corrected chi connectivity index (χ2v) is 3.18. The molecule has 0 amide bonds. The fourth-order valence-corrected chi connectivity index (χ4v) is 0.736. The van der Waals surface area contributed by atoms with E-state index in [2.05, 4.69) is 4.74 Å². The molecule has 0 aliphatic rings. The zero-order valence-electron chi connectivity index (χ0n) is 9.17. The van der Waals surface area contributed by atoms with Crippen LogP contribution in [0.1, 0.15) is 0 Å². The standard InChI is InChI=1S/C7H3F11O3/c8-1-20-3(19)4(11,12)7(17,18)21-5(13,2(9)10)6(14,15)16/h2H,1H2. The Balaban J connectivity index is 5.57. The summed E-state index contributed by atoms with van der Waals surface area (Å²) in [7, 11) is 0. The van der Waals surface area contributed by atoms with Crippen molar-refractivity contribution in [1.29, 1.82) is 0 Å². The number of alkyl halides is 11. The average molecular weight is 344 g/mol. The summed E-state index contributed by atoms with van der Waals surface area (Å²) in [6, 6.07) is 0. The lowest BCUT2D eigenvalue weighted by atomic mass is 10.2. The number of carbonyl (C=O) groups is 1. The number of esters is 1. The second-order valence-electron chi connectivity index (χ2n) is 3.18. The average Bonchev–Trinajstić information content (AvgIpc) is 2.26. The molecule has 0 bridgehead atoms. The fraction of sp³-hybridized carbons (Fsp3) is 0.857. The zero-order valence-corrected chi connectivity index (χ0v) is 9.17. The Labute approximate surface area is 107 Å². The van der Waals surface area contributed by atoms with E-state index in [0.717, 1.165) is 0 Å². The highest BCUT2D eigenvalue weighted by Gasteiger charge is 2.75. The van der Waals surface area contributed by atoms with Crippen molar-refractivity contribution in [3.63, 3.8) is 0 Å². The summed E-state index contributed by atoms with van der Waals surface area (Å²) in [6.45, 7) is -2.39. The van der Waals surface area contributed by atoms with Crippen LogP contribution in [-0.4, -0.2) is 43.3 Å². The first kappa shape index (κ1) is 19.7. The molecule has 21 heavy (non-hydrogen) atoms. The van der Waals surface area contributed by atoms with Gasteiger partial charge in [0.2, 0.25) is 6.86 Å². The Bertz CT molecular complexity index is 379. The monoisotopic (exact) mass is 344 g/mol. The number of carbonyl (C=O) groups excluding carboxylic acids is 1. The van der Waals surface area contributed by atoms with Gasteiger partial charge in [-0.05, 0) is 0 Å². The number of hydrogen-bond acceptors (Lipinski definition) is 3. The molecule has 126 valence electrons. The molecule has 14 heteroatoms. The Morgan fingerprint density at radius 2 is 1.38 bits per heavy atom. The van der Waals surface area contributed by atoms with Crippen molar-refractivity contribution in [2.24, 2.45) is 0 Å². The molecular formula is C7H3F11O3. The van der Waals surface area contributed by atoms with E-state index in [0.29, 0.717) is 0 Å². The van der Waals surface area contributed by atoms with Crippen molar-refractivity contribution in [3.05, 3.63) is 0 Å². The number of ether oxygens (including phenoxy) is 2. The van der Waals surface area contributed by atoms with Gasteiger partial charge in [-0.2, -0.15) is 35.1 Å². The summed E-state index contributed by atoms with van der Waals surface area (Å²) in [6.07, 6.45) is -18.9. The third kappa shape index (κ3) is 3.65. The molecular weight excluding hydrogens is 341 g/mol. The first-order chi connectivity index (χ1) is 9.13. The molecule has 0 aliphatic carbocycles. The first-order valence-corrected chi connectivity index (χ1v) is 4.36. The fourth-order valence-electron chi connectivity index (χ4n) is 0.736. The molecule has 1 atom stereocenters. The Kier molecular flexibility index (Phi) is 5.44. The molecule has 1 unspecified atom stereocenters. The van der Waals surface area contributed by atoms with Gasteiger partial charge in [0.15, 0.2) is 0 Å². The minimum absolute atomic E-state index is 1.84. The molecule has 0 aliphatic heterocycles. The quantitative estimate of drug-likeness (QED) is 0.548. The molecule has 0 heterocycles. The maximum atomic E-state index is 12.8. The predicted octanol–water partition coefficient (Wildman–Crippen LogP) is 3.19. The van der Waals surface area contributed by atoms with E-state index >= 15 is 0 Å². The van der Waals surface area contributed by atoms with Crippen LogP contribution in [0.3, 0.4) is 0 Å². The van der Waals surface area contributed by atoms with E-state index in [1.807, 2.05) is 4.74 Å². The molecule has 0 radical (unpaired) electrons. The lowest BCUT2D eigenvalue weighted by Gasteiger charge is -2.32. The van der Waals surface area contributed by atoms with E-state index in [-0.39, 0.29) is 0 Å². The minimum atomic E-state index is -6.84. The Hall–Kier alpha value is -1.34. The summed E-state index contributed by atoms with van der Waals surface area (Å²) in [5.74, 6) is -16.3. The highest BCUT2D eigenvalue weighted by molar-refractivity contribution is 5.78. The Morgan fingerprint density at radius 3 is 1.67 bits per heavy atom. The van der Waals surface area contributed by atoms with Crippen molar-refractivity contribution >= 4 is 5.97 Å². The van der Waals surface area contributed by atoms with Gasteiger partial charge in [-0.1, -0.05) is 0 Å². The molecule has 3 nitrogen and oxygen atoms in total. The molecule has 0 aromatic rings. The van der Waals surface area contributed by atoms with Crippen LogP contribution >= 0.6 is 0 Å². The summed E-state index contributed by atoms with van der Waals surface area (Å²) in [5.41, 5.74) is 0. The largest absolute Gasteiger partial charge is 0.454 e. The molecule has 0 saturated heterocycles. The van der Waals surface area contributed by atoms with E-state index in [1.54, 1.807) is 0 Å². The van der Waals surface area contributed by atoms with E-state index < -0.39 is 43.3 Å². The second kappa shape index (κ2) is 5.81. The highest BCUT2D eigenvalue weighted by Crippen LogP contribution is 2.47. The van der Waals surface area contributed by atoms with Gasteiger partial charge in [0, 0.05) is 0 Å². The van der Waals surface area contributed by atoms with Crippen LogP contribution in [0.25, 0.3) is 0 Å². The molecule has 0 fully saturated rings. The summed E-state index contributed by atoms with van der Waals surface area (Å²) in [4.78, 5) is 10.3. The van der Waals surface area contributed by atoms with Crippen molar-refractivity contribution in [2.45, 2.75) is 30.5 Å². The number of halogens is 11. The number of rotatable bonds is 6. The van der Waals surface area contributed by atoms with Crippen LogP contribution < -0.4 is 0 Å². The molecule has 0 aromatic heterocycles. The third-order valence-electron chi connectivity index (χ3n) is 1.75. The topological polar surface area (TPSA) is 35.5 Å². The van der Waals surface area contributed by atoms with Crippen LogP contribution in [0.15, 0.2) is 0 Å². The van der Waals surface area contributed by atoms with Crippen molar-refractivity contribution in [3.8, 4) is 0 Å². The SMILES string of the molecule is O=C(OCF)C(F)(F)C(F)(F)OC(F)(C(F)F)C(F)(F)F. The van der Waals surface area contributed by atoms with Crippen LogP contribution in [0, 0.1) is 0 Å². The lowest BCUT2D eigenvalue weighted by Crippen LogP contribution is -2.59. The van der Waals surface area contributed by atoms with Gasteiger partial charge in [-0.3, -0.25) is 4.74 Å². The molecule has 0 aromatic carbocycles. The van der Waals surface area contributed by atoms with Crippen molar-refractivity contribution in [2.75, 3.05) is 6.86 Å².